The zero-order valence-corrected chi connectivity index (χ0v) is 13.1. The van der Waals surface area contributed by atoms with Crippen molar-refractivity contribution in [1.82, 2.24) is 9.62 Å². The highest BCUT2D eigenvalue weighted by Gasteiger charge is 2.29. The summed E-state index contributed by atoms with van der Waals surface area (Å²) in [6, 6.07) is 0.893. The lowest BCUT2D eigenvalue weighted by molar-refractivity contribution is 0.239. The third-order valence-electron chi connectivity index (χ3n) is 4.45. The number of sulfonamides is 1. The molecule has 1 N–H and O–H groups in total. The highest BCUT2D eigenvalue weighted by atomic mass is 32.2. The zero-order valence-electron chi connectivity index (χ0n) is 12.3. The average Bonchev–Trinajstić information content (AvgIpc) is 3.18. The van der Waals surface area contributed by atoms with Crippen molar-refractivity contribution in [3.63, 3.8) is 0 Å². The molecule has 2 fully saturated rings. The fourth-order valence-electron chi connectivity index (χ4n) is 2.95. The maximum absolute atomic E-state index is 12.3. The van der Waals surface area contributed by atoms with Crippen molar-refractivity contribution in [1.29, 1.82) is 0 Å². The van der Waals surface area contributed by atoms with E-state index in [1.54, 1.807) is 11.4 Å². The summed E-state index contributed by atoms with van der Waals surface area (Å²) in [4.78, 5) is 0. The molecule has 0 aromatic heterocycles. The Morgan fingerprint density at radius 1 is 1.21 bits per heavy atom. The molecular formula is C14H28N2O2S. The standard InChI is InChI=1S/C14H28N2O2S/c1-12-5-3-6-14(11-12)16(2)19(17,18)10-4-9-15-13-7-8-13/h12-15H,3-11H2,1-2H3. The van der Waals surface area contributed by atoms with Crippen LogP contribution >= 0.6 is 0 Å². The Bertz CT molecular complexity index is 379. The molecule has 2 rings (SSSR count). The van der Waals surface area contributed by atoms with E-state index in [-0.39, 0.29) is 11.8 Å². The van der Waals surface area contributed by atoms with Crippen molar-refractivity contribution in [2.75, 3.05) is 19.3 Å². The highest BCUT2D eigenvalue weighted by molar-refractivity contribution is 7.89. The van der Waals surface area contributed by atoms with Gasteiger partial charge in [-0.05, 0) is 44.6 Å². The van der Waals surface area contributed by atoms with Crippen molar-refractivity contribution in [2.45, 2.75) is 64.0 Å². The molecule has 0 amide bonds. The van der Waals surface area contributed by atoms with Crippen molar-refractivity contribution in [3.05, 3.63) is 0 Å². The second kappa shape index (κ2) is 6.55. The first-order chi connectivity index (χ1) is 8.99. The molecule has 2 atom stereocenters. The third kappa shape index (κ3) is 4.72. The molecule has 0 spiro atoms. The summed E-state index contributed by atoms with van der Waals surface area (Å²) in [7, 11) is -1.30. The monoisotopic (exact) mass is 288 g/mol. The van der Waals surface area contributed by atoms with Gasteiger partial charge in [-0.2, -0.15) is 0 Å². The Morgan fingerprint density at radius 2 is 1.95 bits per heavy atom. The van der Waals surface area contributed by atoms with Crippen LogP contribution < -0.4 is 5.32 Å². The molecule has 0 radical (unpaired) electrons. The van der Waals surface area contributed by atoms with Gasteiger partial charge >= 0.3 is 0 Å². The van der Waals surface area contributed by atoms with E-state index in [0.717, 1.165) is 32.2 Å². The van der Waals surface area contributed by atoms with Crippen molar-refractivity contribution in [3.8, 4) is 0 Å². The number of hydrogen-bond donors (Lipinski definition) is 1. The zero-order chi connectivity index (χ0) is 13.9. The van der Waals surface area contributed by atoms with E-state index in [1.165, 1.54) is 19.3 Å². The van der Waals surface area contributed by atoms with Gasteiger partial charge in [0.25, 0.3) is 0 Å². The normalized spacial score (nSPS) is 28.8. The van der Waals surface area contributed by atoms with Gasteiger partial charge in [-0.3, -0.25) is 0 Å². The fourth-order valence-corrected chi connectivity index (χ4v) is 4.39. The van der Waals surface area contributed by atoms with Crippen LogP contribution in [0.25, 0.3) is 0 Å². The number of nitrogens with one attached hydrogen (secondary N) is 1. The number of rotatable bonds is 7. The van der Waals surface area contributed by atoms with Gasteiger partial charge in [0.05, 0.1) is 5.75 Å². The molecule has 2 unspecified atom stereocenters. The van der Waals surface area contributed by atoms with E-state index in [4.69, 9.17) is 0 Å². The maximum atomic E-state index is 12.3. The van der Waals surface area contributed by atoms with Gasteiger partial charge in [0, 0.05) is 19.1 Å². The topological polar surface area (TPSA) is 49.4 Å². The van der Waals surface area contributed by atoms with Crippen molar-refractivity contribution in [2.24, 2.45) is 5.92 Å². The molecule has 0 saturated heterocycles. The van der Waals surface area contributed by atoms with E-state index < -0.39 is 10.0 Å². The van der Waals surface area contributed by atoms with Gasteiger partial charge in [-0.25, -0.2) is 12.7 Å². The summed E-state index contributed by atoms with van der Waals surface area (Å²) in [6.07, 6.45) is 7.70. The first kappa shape index (κ1) is 15.3. The predicted octanol–water partition coefficient (Wildman–Crippen LogP) is 1.97. The van der Waals surface area contributed by atoms with Crippen LogP contribution in [-0.4, -0.2) is 44.2 Å². The van der Waals surface area contributed by atoms with Crippen molar-refractivity contribution < 1.29 is 8.42 Å². The van der Waals surface area contributed by atoms with Crippen LogP contribution in [0.15, 0.2) is 0 Å². The lowest BCUT2D eigenvalue weighted by Gasteiger charge is -2.33. The molecule has 112 valence electrons. The molecule has 2 aliphatic rings. The molecule has 2 aliphatic carbocycles. The minimum absolute atomic E-state index is 0.227. The maximum Gasteiger partial charge on any atom is 0.214 e. The van der Waals surface area contributed by atoms with E-state index in [9.17, 15) is 8.42 Å². The molecule has 0 aromatic rings. The van der Waals surface area contributed by atoms with E-state index in [0.29, 0.717) is 12.0 Å². The summed E-state index contributed by atoms with van der Waals surface area (Å²) in [5, 5.41) is 3.37. The lowest BCUT2D eigenvalue weighted by atomic mass is 9.87. The third-order valence-corrected chi connectivity index (χ3v) is 6.43. The van der Waals surface area contributed by atoms with Crippen LogP contribution in [0.2, 0.25) is 0 Å². The van der Waals surface area contributed by atoms with Gasteiger partial charge in [-0.1, -0.05) is 19.8 Å². The van der Waals surface area contributed by atoms with Crippen molar-refractivity contribution >= 4 is 10.0 Å². The lowest BCUT2D eigenvalue weighted by Crippen LogP contribution is -2.41. The Hall–Kier alpha value is -0.130. The molecule has 5 heteroatoms. The number of nitrogens with zero attached hydrogens (tertiary/aromatic N) is 1. The minimum atomic E-state index is -3.07. The van der Waals surface area contributed by atoms with E-state index >= 15 is 0 Å². The Kier molecular flexibility index (Phi) is 5.26. The molecule has 0 aromatic carbocycles. The van der Waals surface area contributed by atoms with Crippen LogP contribution in [-0.2, 0) is 10.0 Å². The van der Waals surface area contributed by atoms with Gasteiger partial charge in [-0.15, -0.1) is 0 Å². The second-order valence-corrected chi connectivity index (χ2v) is 8.49. The summed E-state index contributed by atoms with van der Waals surface area (Å²) in [6.45, 7) is 3.06. The quantitative estimate of drug-likeness (QED) is 0.729. The predicted molar refractivity (Wildman–Crippen MR) is 78.6 cm³/mol. The van der Waals surface area contributed by atoms with Gasteiger partial charge in [0.2, 0.25) is 10.0 Å². The molecule has 4 nitrogen and oxygen atoms in total. The first-order valence-corrected chi connectivity index (χ1v) is 9.29. The Morgan fingerprint density at radius 3 is 2.58 bits per heavy atom. The van der Waals surface area contributed by atoms with Gasteiger partial charge in [0.15, 0.2) is 0 Å². The van der Waals surface area contributed by atoms with Gasteiger partial charge < -0.3 is 5.32 Å². The Balaban J connectivity index is 1.76. The number of hydrogen-bond acceptors (Lipinski definition) is 3. The van der Waals surface area contributed by atoms with Gasteiger partial charge in [0.1, 0.15) is 0 Å². The highest BCUT2D eigenvalue weighted by Crippen LogP contribution is 2.28. The second-order valence-electron chi connectivity index (χ2n) is 6.34. The largest absolute Gasteiger partial charge is 0.314 e. The summed E-state index contributed by atoms with van der Waals surface area (Å²) in [5.41, 5.74) is 0. The molecule has 2 saturated carbocycles. The molecular weight excluding hydrogens is 260 g/mol. The average molecular weight is 288 g/mol. The molecule has 0 aliphatic heterocycles. The summed E-state index contributed by atoms with van der Waals surface area (Å²) >= 11 is 0. The van der Waals surface area contributed by atoms with Crippen LogP contribution in [0.3, 0.4) is 0 Å². The van der Waals surface area contributed by atoms with Crippen LogP contribution in [0.5, 0.6) is 0 Å². The summed E-state index contributed by atoms with van der Waals surface area (Å²) in [5.74, 6) is 0.946. The fraction of sp³-hybridized carbons (Fsp3) is 1.00. The molecule has 19 heavy (non-hydrogen) atoms. The Labute approximate surface area is 118 Å². The smallest absolute Gasteiger partial charge is 0.214 e. The summed E-state index contributed by atoms with van der Waals surface area (Å²) < 4.78 is 26.2. The minimum Gasteiger partial charge on any atom is -0.314 e. The molecule has 0 bridgehead atoms. The van der Waals surface area contributed by atoms with Crippen LogP contribution in [0, 0.1) is 5.92 Å². The SMILES string of the molecule is CC1CCCC(N(C)S(=O)(=O)CCCNC2CC2)C1. The first-order valence-electron chi connectivity index (χ1n) is 7.68. The van der Waals surface area contributed by atoms with Crippen LogP contribution in [0.4, 0.5) is 0 Å². The van der Waals surface area contributed by atoms with E-state index in [2.05, 4.69) is 12.2 Å². The van der Waals surface area contributed by atoms with Crippen LogP contribution in [0.1, 0.15) is 51.9 Å². The molecule has 0 heterocycles. The van der Waals surface area contributed by atoms with E-state index in [1.807, 2.05) is 0 Å².